The number of hydrogen-bond acceptors (Lipinski definition) is 5. The Morgan fingerprint density at radius 2 is 2.21 bits per heavy atom. The number of para-hydroxylation sites is 1. The number of hydrogen-bond donors (Lipinski definition) is 0. The molecular formula is C18H19NO3S2. The van der Waals surface area contributed by atoms with Gasteiger partial charge >= 0.3 is 0 Å². The topological polar surface area (TPSA) is 38.8 Å². The zero-order valence-electron chi connectivity index (χ0n) is 13.7. The number of ether oxygens (including phenoxy) is 2. The number of carbonyl (C=O) groups is 1. The van der Waals surface area contributed by atoms with E-state index >= 15 is 0 Å². The van der Waals surface area contributed by atoms with Crippen molar-refractivity contribution in [3.05, 3.63) is 46.4 Å². The maximum Gasteiger partial charge on any atom is 0.266 e. The van der Waals surface area contributed by atoms with Gasteiger partial charge in [-0.25, -0.2) is 0 Å². The van der Waals surface area contributed by atoms with E-state index in [1.807, 2.05) is 37.3 Å². The number of fused-ring (bicyclic) bond motifs is 1. The summed E-state index contributed by atoms with van der Waals surface area (Å²) < 4.78 is 11.6. The van der Waals surface area contributed by atoms with Crippen molar-refractivity contribution in [2.24, 2.45) is 0 Å². The van der Waals surface area contributed by atoms with Gasteiger partial charge < -0.3 is 9.47 Å². The number of thioether (sulfide) groups is 1. The van der Waals surface area contributed by atoms with Gasteiger partial charge in [0, 0.05) is 25.8 Å². The predicted octanol–water partition coefficient (Wildman–Crippen LogP) is 3.63. The van der Waals surface area contributed by atoms with Crippen molar-refractivity contribution < 1.29 is 14.3 Å². The van der Waals surface area contributed by atoms with E-state index in [1.54, 1.807) is 12.0 Å². The highest BCUT2D eigenvalue weighted by atomic mass is 32.2. The standard InChI is InChI=1S/C18H19NO3S2/c1-12-14(10-13-6-3-4-7-15(13)22-12)11-16-17(20)19(18(23)24-16)8-5-9-21-2/h3-4,6-7,10-12H,5,8-9H2,1-2H3/b16-11+/t12-/m1/s1. The average molecular weight is 361 g/mol. The highest BCUT2D eigenvalue weighted by Crippen LogP contribution is 2.35. The second-order valence-corrected chi connectivity index (χ2v) is 7.30. The first-order valence-electron chi connectivity index (χ1n) is 7.81. The number of methoxy groups -OCH3 is 1. The Bertz CT molecular complexity index is 727. The minimum atomic E-state index is -0.100. The van der Waals surface area contributed by atoms with Crippen LogP contribution in [-0.2, 0) is 9.53 Å². The molecule has 1 atom stereocenters. The number of carbonyl (C=O) groups excluding carboxylic acids is 1. The fraction of sp³-hybridized carbons (Fsp3) is 0.333. The van der Waals surface area contributed by atoms with Crippen LogP contribution in [0.5, 0.6) is 5.75 Å². The van der Waals surface area contributed by atoms with E-state index in [0.29, 0.717) is 22.4 Å². The van der Waals surface area contributed by atoms with Gasteiger partial charge in [-0.2, -0.15) is 0 Å². The Morgan fingerprint density at radius 1 is 1.42 bits per heavy atom. The molecule has 2 aliphatic rings. The van der Waals surface area contributed by atoms with Crippen LogP contribution in [0.15, 0.2) is 40.8 Å². The van der Waals surface area contributed by atoms with Gasteiger partial charge in [-0.05, 0) is 37.1 Å². The number of amides is 1. The third-order valence-corrected chi connectivity index (χ3v) is 5.29. The summed E-state index contributed by atoms with van der Waals surface area (Å²) >= 11 is 6.69. The van der Waals surface area contributed by atoms with Crippen molar-refractivity contribution in [2.45, 2.75) is 19.4 Å². The molecule has 0 radical (unpaired) electrons. The Hall–Kier alpha value is -1.63. The fourth-order valence-corrected chi connectivity index (χ4v) is 3.94. The zero-order valence-corrected chi connectivity index (χ0v) is 15.3. The molecule has 0 N–H and O–H groups in total. The first-order chi connectivity index (χ1) is 11.6. The van der Waals surface area contributed by atoms with Crippen molar-refractivity contribution in [3.8, 4) is 5.75 Å². The molecule has 0 unspecified atom stereocenters. The summed E-state index contributed by atoms with van der Waals surface area (Å²) in [6, 6.07) is 7.89. The molecule has 126 valence electrons. The summed E-state index contributed by atoms with van der Waals surface area (Å²) in [5, 5.41) is 0. The summed E-state index contributed by atoms with van der Waals surface area (Å²) in [6.45, 7) is 3.18. The van der Waals surface area contributed by atoms with Crippen LogP contribution >= 0.6 is 24.0 Å². The van der Waals surface area contributed by atoms with E-state index in [1.165, 1.54) is 11.8 Å². The zero-order chi connectivity index (χ0) is 17.1. The molecule has 0 saturated carbocycles. The SMILES string of the molecule is COCCCN1C(=O)/C(=C\C2=Cc3ccccc3O[C@@H]2C)SC1=S. The van der Waals surface area contributed by atoms with Gasteiger partial charge in [-0.3, -0.25) is 9.69 Å². The second-order valence-electron chi connectivity index (χ2n) is 5.62. The Labute approximate surface area is 151 Å². The van der Waals surface area contributed by atoms with E-state index in [0.717, 1.165) is 23.3 Å². The lowest BCUT2D eigenvalue weighted by Gasteiger charge is -2.23. The van der Waals surface area contributed by atoms with E-state index in [4.69, 9.17) is 21.7 Å². The Kier molecular flexibility index (Phi) is 5.38. The van der Waals surface area contributed by atoms with Gasteiger partial charge in [-0.1, -0.05) is 42.2 Å². The lowest BCUT2D eigenvalue weighted by Crippen LogP contribution is -2.29. The number of rotatable bonds is 5. The highest BCUT2D eigenvalue weighted by molar-refractivity contribution is 8.26. The normalized spacial score (nSPS) is 21.8. The maximum atomic E-state index is 12.6. The van der Waals surface area contributed by atoms with Crippen LogP contribution in [0.4, 0.5) is 0 Å². The van der Waals surface area contributed by atoms with E-state index in [2.05, 4.69) is 6.08 Å². The minimum absolute atomic E-state index is 0.0342. The lowest BCUT2D eigenvalue weighted by atomic mass is 10.0. The number of nitrogens with zero attached hydrogens (tertiary/aromatic N) is 1. The lowest BCUT2D eigenvalue weighted by molar-refractivity contribution is -0.122. The molecule has 1 fully saturated rings. The molecular weight excluding hydrogens is 342 g/mol. The first-order valence-corrected chi connectivity index (χ1v) is 9.04. The molecule has 1 aromatic carbocycles. The summed E-state index contributed by atoms with van der Waals surface area (Å²) in [7, 11) is 1.65. The van der Waals surface area contributed by atoms with Crippen molar-refractivity contribution >= 4 is 40.3 Å². The van der Waals surface area contributed by atoms with E-state index < -0.39 is 0 Å². The Balaban J connectivity index is 1.80. The molecule has 4 nitrogen and oxygen atoms in total. The van der Waals surface area contributed by atoms with Crippen LogP contribution in [-0.4, -0.2) is 41.5 Å². The molecule has 24 heavy (non-hydrogen) atoms. The highest BCUT2D eigenvalue weighted by Gasteiger charge is 2.32. The van der Waals surface area contributed by atoms with Gasteiger partial charge in [0.25, 0.3) is 5.91 Å². The quantitative estimate of drug-likeness (QED) is 0.455. The van der Waals surface area contributed by atoms with Crippen LogP contribution < -0.4 is 4.74 Å². The van der Waals surface area contributed by atoms with Crippen LogP contribution in [0.1, 0.15) is 18.9 Å². The molecule has 0 aliphatic carbocycles. The summed E-state index contributed by atoms with van der Waals surface area (Å²) in [4.78, 5) is 14.9. The maximum absolute atomic E-state index is 12.6. The van der Waals surface area contributed by atoms with Gasteiger partial charge in [0.2, 0.25) is 0 Å². The first kappa shape index (κ1) is 17.2. The molecule has 0 spiro atoms. The second kappa shape index (κ2) is 7.51. The molecule has 3 rings (SSSR count). The molecule has 1 aromatic rings. The van der Waals surface area contributed by atoms with Gasteiger partial charge in [0.1, 0.15) is 16.2 Å². The van der Waals surface area contributed by atoms with E-state index in [9.17, 15) is 4.79 Å². The summed E-state index contributed by atoms with van der Waals surface area (Å²) in [5.74, 6) is 0.835. The van der Waals surface area contributed by atoms with Crippen LogP contribution in [0.2, 0.25) is 0 Å². The molecule has 6 heteroatoms. The van der Waals surface area contributed by atoms with Crippen molar-refractivity contribution in [1.29, 1.82) is 0 Å². The molecule has 1 amide bonds. The largest absolute Gasteiger partial charge is 0.485 e. The van der Waals surface area contributed by atoms with Crippen molar-refractivity contribution in [2.75, 3.05) is 20.3 Å². The van der Waals surface area contributed by atoms with Crippen LogP contribution in [0, 0.1) is 0 Å². The van der Waals surface area contributed by atoms with Crippen molar-refractivity contribution in [1.82, 2.24) is 4.90 Å². The molecule has 1 saturated heterocycles. The molecule has 0 aromatic heterocycles. The number of thiocarbonyl (C=S) groups is 1. The van der Waals surface area contributed by atoms with Crippen LogP contribution in [0.25, 0.3) is 6.08 Å². The summed E-state index contributed by atoms with van der Waals surface area (Å²) in [6.07, 6.45) is 4.64. The van der Waals surface area contributed by atoms with Gasteiger partial charge in [0.05, 0.1) is 4.91 Å². The predicted molar refractivity (Wildman–Crippen MR) is 101 cm³/mol. The van der Waals surface area contributed by atoms with E-state index in [-0.39, 0.29) is 12.0 Å². The van der Waals surface area contributed by atoms with Gasteiger partial charge in [0.15, 0.2) is 0 Å². The minimum Gasteiger partial charge on any atom is -0.485 e. The van der Waals surface area contributed by atoms with Crippen LogP contribution in [0.3, 0.4) is 0 Å². The monoisotopic (exact) mass is 361 g/mol. The number of benzene rings is 1. The average Bonchev–Trinajstić information content (AvgIpc) is 2.83. The summed E-state index contributed by atoms with van der Waals surface area (Å²) in [5.41, 5.74) is 2.00. The Morgan fingerprint density at radius 3 is 3.00 bits per heavy atom. The third-order valence-electron chi connectivity index (χ3n) is 3.92. The molecule has 2 aliphatic heterocycles. The van der Waals surface area contributed by atoms with Crippen molar-refractivity contribution in [3.63, 3.8) is 0 Å². The van der Waals surface area contributed by atoms with Gasteiger partial charge in [-0.15, -0.1) is 0 Å². The third kappa shape index (κ3) is 3.55. The molecule has 0 bridgehead atoms. The fourth-order valence-electron chi connectivity index (χ4n) is 2.63. The smallest absolute Gasteiger partial charge is 0.266 e. The molecule has 2 heterocycles.